The number of aromatic nitrogens is 1. The third kappa shape index (κ3) is 3.01. The molecule has 2 aromatic carbocycles. The molecule has 0 spiro atoms. The first-order valence-corrected chi connectivity index (χ1v) is 10.2. The van der Waals surface area contributed by atoms with Crippen LogP contribution in [0.3, 0.4) is 0 Å². The summed E-state index contributed by atoms with van der Waals surface area (Å²) in [4.78, 5) is 17.9. The van der Waals surface area contributed by atoms with Crippen LogP contribution in [-0.4, -0.2) is 42.5 Å². The average molecular weight is 368 g/mol. The van der Waals surface area contributed by atoms with Gasteiger partial charge in [-0.1, -0.05) is 36.4 Å². The van der Waals surface area contributed by atoms with Crippen LogP contribution in [0.15, 0.2) is 65.7 Å². The van der Waals surface area contributed by atoms with Crippen molar-refractivity contribution in [2.75, 3.05) is 13.1 Å². The highest BCUT2D eigenvalue weighted by Gasteiger charge is 2.36. The van der Waals surface area contributed by atoms with Gasteiger partial charge in [0.05, 0.1) is 16.6 Å². The van der Waals surface area contributed by atoms with E-state index < -0.39 is 15.1 Å². The van der Waals surface area contributed by atoms with Crippen molar-refractivity contribution in [3.63, 3.8) is 0 Å². The summed E-state index contributed by atoms with van der Waals surface area (Å²) >= 11 is 0. The summed E-state index contributed by atoms with van der Waals surface area (Å²) < 4.78 is 25.5. The largest absolute Gasteiger partial charge is 0.361 e. The molecule has 1 N–H and O–H groups in total. The van der Waals surface area contributed by atoms with Crippen molar-refractivity contribution in [1.29, 1.82) is 0 Å². The minimum Gasteiger partial charge on any atom is -0.361 e. The molecule has 1 fully saturated rings. The normalized spacial score (nSPS) is 17.7. The van der Waals surface area contributed by atoms with E-state index in [4.69, 9.17) is 0 Å². The van der Waals surface area contributed by atoms with Crippen molar-refractivity contribution in [3.05, 3.63) is 66.4 Å². The van der Waals surface area contributed by atoms with Gasteiger partial charge in [-0.25, -0.2) is 8.42 Å². The maximum absolute atomic E-state index is 12.8. The number of H-pyrrole nitrogens is 1. The van der Waals surface area contributed by atoms with Crippen LogP contribution < -0.4 is 0 Å². The van der Waals surface area contributed by atoms with Gasteiger partial charge < -0.3 is 9.88 Å². The van der Waals surface area contributed by atoms with Crippen LogP contribution in [0.4, 0.5) is 0 Å². The summed E-state index contributed by atoms with van der Waals surface area (Å²) in [5.41, 5.74) is 1.95. The van der Waals surface area contributed by atoms with E-state index in [1.165, 1.54) is 0 Å². The number of carbonyl (C=O) groups is 1. The Kier molecular flexibility index (Phi) is 4.28. The molecule has 26 heavy (non-hydrogen) atoms. The molecular weight excluding hydrogens is 348 g/mol. The quantitative estimate of drug-likeness (QED) is 0.770. The molecule has 1 aliphatic rings. The van der Waals surface area contributed by atoms with Crippen molar-refractivity contribution < 1.29 is 13.2 Å². The molecule has 4 rings (SSSR count). The highest BCUT2D eigenvalue weighted by atomic mass is 32.2. The summed E-state index contributed by atoms with van der Waals surface area (Å²) in [7, 11) is -3.40. The fourth-order valence-corrected chi connectivity index (χ4v) is 5.28. The van der Waals surface area contributed by atoms with Gasteiger partial charge in [0, 0.05) is 30.2 Å². The molecule has 0 radical (unpaired) electrons. The maximum Gasteiger partial charge on any atom is 0.227 e. The van der Waals surface area contributed by atoms with Gasteiger partial charge in [0.2, 0.25) is 5.91 Å². The SMILES string of the molecule is O=C(Cc1c[nH]c2ccccc12)N1CCC(S(=O)(=O)c2ccccc2)C1. The van der Waals surface area contributed by atoms with E-state index in [0.29, 0.717) is 17.9 Å². The molecule has 0 saturated carbocycles. The third-order valence-electron chi connectivity index (χ3n) is 5.02. The minimum atomic E-state index is -3.40. The molecule has 1 unspecified atom stereocenters. The second kappa shape index (κ2) is 6.61. The monoisotopic (exact) mass is 368 g/mol. The molecular formula is C20H20N2O3S. The fourth-order valence-electron chi connectivity index (χ4n) is 3.56. The van der Waals surface area contributed by atoms with Crippen molar-refractivity contribution in [3.8, 4) is 0 Å². The first kappa shape index (κ1) is 16.8. The van der Waals surface area contributed by atoms with Gasteiger partial charge in [0.1, 0.15) is 0 Å². The van der Waals surface area contributed by atoms with Crippen LogP contribution in [0, 0.1) is 0 Å². The number of aromatic amines is 1. The lowest BCUT2D eigenvalue weighted by molar-refractivity contribution is -0.129. The number of nitrogens with zero attached hydrogens (tertiary/aromatic N) is 1. The Labute approximate surface area is 152 Å². The predicted molar refractivity (Wildman–Crippen MR) is 101 cm³/mol. The molecule has 1 aliphatic heterocycles. The van der Waals surface area contributed by atoms with Gasteiger partial charge in [-0.2, -0.15) is 0 Å². The van der Waals surface area contributed by atoms with Crippen LogP contribution >= 0.6 is 0 Å². The van der Waals surface area contributed by atoms with E-state index in [1.54, 1.807) is 35.2 Å². The van der Waals surface area contributed by atoms with Crippen molar-refractivity contribution in [2.24, 2.45) is 0 Å². The molecule has 1 saturated heterocycles. The lowest BCUT2D eigenvalue weighted by Crippen LogP contribution is -2.32. The van der Waals surface area contributed by atoms with E-state index in [9.17, 15) is 13.2 Å². The molecule has 1 atom stereocenters. The number of para-hydroxylation sites is 1. The Balaban J connectivity index is 1.48. The van der Waals surface area contributed by atoms with Crippen molar-refractivity contribution in [1.82, 2.24) is 9.88 Å². The van der Waals surface area contributed by atoms with Crippen LogP contribution in [0.25, 0.3) is 10.9 Å². The number of hydrogen-bond donors (Lipinski definition) is 1. The maximum atomic E-state index is 12.8. The van der Waals surface area contributed by atoms with Crippen molar-refractivity contribution in [2.45, 2.75) is 23.0 Å². The molecule has 3 aromatic rings. The Morgan fingerprint density at radius 2 is 1.81 bits per heavy atom. The highest BCUT2D eigenvalue weighted by molar-refractivity contribution is 7.92. The van der Waals surface area contributed by atoms with E-state index in [1.807, 2.05) is 30.5 Å². The molecule has 0 aliphatic carbocycles. The second-order valence-electron chi connectivity index (χ2n) is 6.64. The smallest absolute Gasteiger partial charge is 0.227 e. The number of rotatable bonds is 4. The van der Waals surface area contributed by atoms with E-state index in [2.05, 4.69) is 4.98 Å². The van der Waals surface area contributed by atoms with E-state index in [-0.39, 0.29) is 18.9 Å². The van der Waals surface area contributed by atoms with Crippen LogP contribution in [0.1, 0.15) is 12.0 Å². The van der Waals surface area contributed by atoms with Crippen LogP contribution in [-0.2, 0) is 21.1 Å². The third-order valence-corrected chi connectivity index (χ3v) is 7.22. The summed E-state index contributed by atoms with van der Waals surface area (Å²) in [6, 6.07) is 16.3. The molecule has 134 valence electrons. The Morgan fingerprint density at radius 3 is 2.62 bits per heavy atom. The van der Waals surface area contributed by atoms with Gasteiger partial charge in [-0.15, -0.1) is 0 Å². The highest BCUT2D eigenvalue weighted by Crippen LogP contribution is 2.25. The van der Waals surface area contributed by atoms with Crippen molar-refractivity contribution >= 4 is 26.6 Å². The molecule has 5 nitrogen and oxygen atoms in total. The number of benzene rings is 2. The zero-order chi connectivity index (χ0) is 18.1. The Morgan fingerprint density at radius 1 is 1.08 bits per heavy atom. The number of fused-ring (bicyclic) bond motifs is 1. The molecule has 1 aromatic heterocycles. The number of likely N-dealkylation sites (tertiary alicyclic amines) is 1. The van der Waals surface area contributed by atoms with E-state index in [0.717, 1.165) is 16.5 Å². The van der Waals surface area contributed by atoms with E-state index >= 15 is 0 Å². The second-order valence-corrected chi connectivity index (χ2v) is 8.87. The number of sulfone groups is 1. The van der Waals surface area contributed by atoms with Gasteiger partial charge in [0.15, 0.2) is 9.84 Å². The average Bonchev–Trinajstić information content (AvgIpc) is 3.31. The first-order valence-electron chi connectivity index (χ1n) is 8.67. The van der Waals surface area contributed by atoms with Crippen LogP contribution in [0.2, 0.25) is 0 Å². The Hall–Kier alpha value is -2.60. The molecule has 2 heterocycles. The Bertz CT molecular complexity index is 1040. The van der Waals surface area contributed by atoms with Gasteiger partial charge in [-0.3, -0.25) is 4.79 Å². The summed E-state index contributed by atoms with van der Waals surface area (Å²) in [5.74, 6) is -0.0273. The topological polar surface area (TPSA) is 70.2 Å². The molecule has 1 amide bonds. The molecule has 6 heteroatoms. The fraction of sp³-hybridized carbons (Fsp3) is 0.250. The minimum absolute atomic E-state index is 0.0273. The molecule has 0 bridgehead atoms. The lowest BCUT2D eigenvalue weighted by atomic mass is 10.1. The number of nitrogens with one attached hydrogen (secondary N) is 1. The first-order chi connectivity index (χ1) is 12.6. The van der Waals surface area contributed by atoms with Gasteiger partial charge in [0.25, 0.3) is 0 Å². The van der Waals surface area contributed by atoms with Gasteiger partial charge in [-0.05, 0) is 30.2 Å². The number of hydrogen-bond acceptors (Lipinski definition) is 3. The summed E-state index contributed by atoms with van der Waals surface area (Å²) in [5, 5.41) is 0.505. The van der Waals surface area contributed by atoms with Crippen LogP contribution in [0.5, 0.6) is 0 Å². The zero-order valence-corrected chi connectivity index (χ0v) is 15.1. The number of amides is 1. The van der Waals surface area contributed by atoms with Gasteiger partial charge >= 0.3 is 0 Å². The zero-order valence-electron chi connectivity index (χ0n) is 14.3. The number of carbonyl (C=O) groups excluding carboxylic acids is 1. The standard InChI is InChI=1S/C20H20N2O3S/c23-20(12-15-13-21-19-9-5-4-8-18(15)19)22-11-10-17(14-22)26(24,25)16-6-2-1-3-7-16/h1-9,13,17,21H,10-12,14H2. The summed E-state index contributed by atoms with van der Waals surface area (Å²) in [6.45, 7) is 0.746. The predicted octanol–water partition coefficient (Wildman–Crippen LogP) is 2.79. The lowest BCUT2D eigenvalue weighted by Gasteiger charge is -2.16. The summed E-state index contributed by atoms with van der Waals surface area (Å²) in [6.07, 6.45) is 2.62.